The monoisotopic (exact) mass is 258 g/mol. The molecule has 0 aliphatic carbocycles. The standard InChI is InChI=1S/C12H14N6O/c1-17(12(19)9-7-13-4-5-14-9)8-11-16-15-10-3-2-6-18(10)11/h4-5,7H,2-3,6,8H2,1H3. The highest BCUT2D eigenvalue weighted by Gasteiger charge is 2.20. The van der Waals surface area contributed by atoms with Crippen LogP contribution in [-0.4, -0.2) is 42.6 Å². The first-order valence-corrected chi connectivity index (χ1v) is 6.18. The van der Waals surface area contributed by atoms with Gasteiger partial charge in [-0.2, -0.15) is 0 Å². The molecule has 2 aromatic heterocycles. The van der Waals surface area contributed by atoms with Crippen LogP contribution >= 0.6 is 0 Å². The lowest BCUT2D eigenvalue weighted by Crippen LogP contribution is -2.28. The van der Waals surface area contributed by atoms with E-state index in [1.807, 2.05) is 0 Å². The van der Waals surface area contributed by atoms with Gasteiger partial charge in [0.25, 0.3) is 5.91 Å². The number of amides is 1. The van der Waals surface area contributed by atoms with Gasteiger partial charge in [0, 0.05) is 32.4 Å². The molecule has 19 heavy (non-hydrogen) atoms. The summed E-state index contributed by atoms with van der Waals surface area (Å²) in [5.74, 6) is 1.67. The zero-order valence-corrected chi connectivity index (χ0v) is 10.7. The van der Waals surface area contributed by atoms with E-state index in [1.54, 1.807) is 18.1 Å². The molecule has 0 unspecified atom stereocenters. The van der Waals surface area contributed by atoms with E-state index in [-0.39, 0.29) is 5.91 Å². The van der Waals surface area contributed by atoms with Gasteiger partial charge in [-0.15, -0.1) is 10.2 Å². The SMILES string of the molecule is CN(Cc1nnc2n1CCC2)C(=O)c1cnccn1. The maximum Gasteiger partial charge on any atom is 0.274 e. The van der Waals surface area contributed by atoms with E-state index in [4.69, 9.17) is 0 Å². The Kier molecular flexibility index (Phi) is 2.94. The first kappa shape index (κ1) is 11.8. The maximum absolute atomic E-state index is 12.1. The summed E-state index contributed by atoms with van der Waals surface area (Å²) >= 11 is 0. The lowest BCUT2D eigenvalue weighted by atomic mass is 10.3. The molecule has 0 fully saturated rings. The van der Waals surface area contributed by atoms with E-state index < -0.39 is 0 Å². The number of carbonyl (C=O) groups is 1. The fourth-order valence-electron chi connectivity index (χ4n) is 2.22. The average Bonchev–Trinajstić information content (AvgIpc) is 3.04. The average molecular weight is 258 g/mol. The quantitative estimate of drug-likeness (QED) is 0.790. The number of nitrogens with zero attached hydrogens (tertiary/aromatic N) is 6. The summed E-state index contributed by atoms with van der Waals surface area (Å²) in [6, 6.07) is 0. The van der Waals surface area contributed by atoms with Crippen LogP contribution in [0.15, 0.2) is 18.6 Å². The van der Waals surface area contributed by atoms with Gasteiger partial charge < -0.3 is 9.47 Å². The van der Waals surface area contributed by atoms with E-state index in [0.717, 1.165) is 31.0 Å². The summed E-state index contributed by atoms with van der Waals surface area (Å²) in [5.41, 5.74) is 0.339. The minimum absolute atomic E-state index is 0.163. The van der Waals surface area contributed by atoms with E-state index in [0.29, 0.717) is 12.2 Å². The number of fused-ring (bicyclic) bond motifs is 1. The highest BCUT2D eigenvalue weighted by molar-refractivity contribution is 5.91. The van der Waals surface area contributed by atoms with Crippen LogP contribution in [-0.2, 0) is 19.5 Å². The van der Waals surface area contributed by atoms with Crippen molar-refractivity contribution in [3.63, 3.8) is 0 Å². The second-order valence-corrected chi connectivity index (χ2v) is 4.54. The molecule has 0 atom stereocenters. The van der Waals surface area contributed by atoms with Gasteiger partial charge in [0.15, 0.2) is 5.82 Å². The third-order valence-corrected chi connectivity index (χ3v) is 3.19. The van der Waals surface area contributed by atoms with Crippen molar-refractivity contribution in [1.82, 2.24) is 29.6 Å². The van der Waals surface area contributed by atoms with Gasteiger partial charge in [-0.05, 0) is 6.42 Å². The number of carbonyl (C=O) groups excluding carboxylic acids is 1. The molecule has 7 nitrogen and oxygen atoms in total. The predicted octanol–water partition coefficient (Wildman–Crippen LogP) is 0.286. The number of aryl methyl sites for hydroxylation is 1. The fourth-order valence-corrected chi connectivity index (χ4v) is 2.22. The lowest BCUT2D eigenvalue weighted by Gasteiger charge is -2.15. The van der Waals surface area contributed by atoms with Gasteiger partial charge in [-0.3, -0.25) is 9.78 Å². The summed E-state index contributed by atoms with van der Waals surface area (Å²) in [5, 5.41) is 8.27. The third kappa shape index (κ3) is 2.18. The normalized spacial score (nSPS) is 13.3. The third-order valence-electron chi connectivity index (χ3n) is 3.19. The first-order chi connectivity index (χ1) is 9.25. The van der Waals surface area contributed by atoms with E-state index in [1.165, 1.54) is 12.4 Å². The molecular weight excluding hydrogens is 244 g/mol. The lowest BCUT2D eigenvalue weighted by molar-refractivity contribution is 0.0773. The minimum atomic E-state index is -0.163. The largest absolute Gasteiger partial charge is 0.333 e. The van der Waals surface area contributed by atoms with Gasteiger partial charge >= 0.3 is 0 Å². The number of hydrogen-bond acceptors (Lipinski definition) is 5. The molecule has 2 aromatic rings. The Morgan fingerprint density at radius 3 is 3.11 bits per heavy atom. The Morgan fingerprint density at radius 2 is 2.32 bits per heavy atom. The van der Waals surface area contributed by atoms with Gasteiger partial charge in [-0.25, -0.2) is 4.98 Å². The molecule has 98 valence electrons. The van der Waals surface area contributed by atoms with Crippen molar-refractivity contribution in [3.8, 4) is 0 Å². The molecule has 1 aliphatic rings. The van der Waals surface area contributed by atoms with Crippen molar-refractivity contribution in [1.29, 1.82) is 0 Å². The van der Waals surface area contributed by atoms with Crippen molar-refractivity contribution in [2.75, 3.05) is 7.05 Å². The second kappa shape index (κ2) is 4.75. The summed E-state index contributed by atoms with van der Waals surface area (Å²) < 4.78 is 2.08. The summed E-state index contributed by atoms with van der Waals surface area (Å²) in [6.45, 7) is 1.37. The van der Waals surface area contributed by atoms with Crippen LogP contribution in [0.4, 0.5) is 0 Å². The Balaban J connectivity index is 1.74. The predicted molar refractivity (Wildman–Crippen MR) is 66.2 cm³/mol. The molecule has 0 bridgehead atoms. The Hall–Kier alpha value is -2.31. The van der Waals surface area contributed by atoms with E-state index >= 15 is 0 Å². The molecule has 3 heterocycles. The Bertz CT molecular complexity index is 594. The topological polar surface area (TPSA) is 76.8 Å². The second-order valence-electron chi connectivity index (χ2n) is 4.54. The van der Waals surface area contributed by atoms with Crippen LogP contribution in [0.25, 0.3) is 0 Å². The summed E-state index contributed by atoms with van der Waals surface area (Å²) in [6.07, 6.45) is 6.58. The highest BCUT2D eigenvalue weighted by Crippen LogP contribution is 2.15. The molecular formula is C12H14N6O. The number of aromatic nitrogens is 5. The summed E-state index contributed by atoms with van der Waals surface area (Å²) in [7, 11) is 1.73. The Labute approximate surface area is 110 Å². The van der Waals surface area contributed by atoms with E-state index in [2.05, 4.69) is 24.7 Å². The molecule has 1 amide bonds. The molecule has 7 heteroatoms. The van der Waals surface area contributed by atoms with Gasteiger partial charge in [0.1, 0.15) is 11.5 Å². The van der Waals surface area contributed by atoms with Crippen LogP contribution < -0.4 is 0 Å². The zero-order chi connectivity index (χ0) is 13.2. The smallest absolute Gasteiger partial charge is 0.274 e. The minimum Gasteiger partial charge on any atom is -0.333 e. The van der Waals surface area contributed by atoms with Crippen LogP contribution in [0.1, 0.15) is 28.6 Å². The van der Waals surface area contributed by atoms with Crippen molar-refractivity contribution in [3.05, 3.63) is 35.9 Å². The molecule has 0 saturated heterocycles. The highest BCUT2D eigenvalue weighted by atomic mass is 16.2. The summed E-state index contributed by atoms with van der Waals surface area (Å²) in [4.78, 5) is 21.6. The molecule has 0 radical (unpaired) electrons. The molecule has 0 N–H and O–H groups in total. The van der Waals surface area contributed by atoms with Gasteiger partial charge in [-0.1, -0.05) is 0 Å². The van der Waals surface area contributed by atoms with Crippen LogP contribution in [0.2, 0.25) is 0 Å². The number of rotatable bonds is 3. The molecule has 1 aliphatic heterocycles. The van der Waals surface area contributed by atoms with Crippen LogP contribution in [0, 0.1) is 0 Å². The maximum atomic E-state index is 12.1. The first-order valence-electron chi connectivity index (χ1n) is 6.18. The Morgan fingerprint density at radius 1 is 1.42 bits per heavy atom. The van der Waals surface area contributed by atoms with E-state index in [9.17, 15) is 4.79 Å². The van der Waals surface area contributed by atoms with Gasteiger partial charge in [0.05, 0.1) is 12.7 Å². The molecule has 0 saturated carbocycles. The van der Waals surface area contributed by atoms with Crippen molar-refractivity contribution in [2.24, 2.45) is 0 Å². The fraction of sp³-hybridized carbons (Fsp3) is 0.417. The van der Waals surface area contributed by atoms with Crippen LogP contribution in [0.3, 0.4) is 0 Å². The van der Waals surface area contributed by atoms with Crippen molar-refractivity contribution >= 4 is 5.91 Å². The molecule has 0 spiro atoms. The van der Waals surface area contributed by atoms with Crippen molar-refractivity contribution in [2.45, 2.75) is 25.9 Å². The number of hydrogen-bond donors (Lipinski definition) is 0. The van der Waals surface area contributed by atoms with Crippen molar-refractivity contribution < 1.29 is 4.79 Å². The zero-order valence-electron chi connectivity index (χ0n) is 10.7. The van der Waals surface area contributed by atoms with Gasteiger partial charge in [0.2, 0.25) is 0 Å². The molecule has 0 aromatic carbocycles. The van der Waals surface area contributed by atoms with Crippen LogP contribution in [0.5, 0.6) is 0 Å². The molecule has 3 rings (SSSR count).